The summed E-state index contributed by atoms with van der Waals surface area (Å²) in [7, 11) is 1.85. The summed E-state index contributed by atoms with van der Waals surface area (Å²) < 4.78 is 3.93. The Balaban J connectivity index is 1.31. The first-order chi connectivity index (χ1) is 14.5. The van der Waals surface area contributed by atoms with Gasteiger partial charge in [-0.15, -0.1) is 0 Å². The number of aromatic nitrogens is 5. The van der Waals surface area contributed by atoms with E-state index >= 15 is 0 Å². The van der Waals surface area contributed by atoms with Gasteiger partial charge in [-0.05, 0) is 31.5 Å². The molecule has 0 aliphatic carbocycles. The molecular weight excluding hydrogens is 376 g/mol. The molecule has 6 rings (SSSR count). The van der Waals surface area contributed by atoms with E-state index in [9.17, 15) is 4.79 Å². The number of rotatable bonds is 2. The van der Waals surface area contributed by atoms with Gasteiger partial charge in [0.15, 0.2) is 0 Å². The minimum absolute atomic E-state index is 0.0107. The lowest BCUT2D eigenvalue weighted by Gasteiger charge is -2.47. The standard InChI is InChI=1S/C23H22N6O/c1-15-9-23(12-28(13-23)22(30)20-11-24-14-27(20)2)21-8-19(26-29(15)21)17-7-16-5-3-4-6-18(16)25-10-17/h3-8,10-11,14-15H,9,12-13H2,1-2H3. The summed E-state index contributed by atoms with van der Waals surface area (Å²) in [5.41, 5.74) is 4.81. The fourth-order valence-corrected chi connectivity index (χ4v) is 5.08. The molecule has 1 atom stereocenters. The van der Waals surface area contributed by atoms with Crippen LogP contribution in [0.25, 0.3) is 22.2 Å². The summed E-state index contributed by atoms with van der Waals surface area (Å²) in [4.78, 5) is 23.4. The molecule has 0 saturated carbocycles. The number of hydrogen-bond acceptors (Lipinski definition) is 4. The second-order valence-electron chi connectivity index (χ2n) is 8.66. The number of carbonyl (C=O) groups excluding carboxylic acids is 1. The second-order valence-corrected chi connectivity index (χ2v) is 8.66. The SMILES string of the molecule is CC1CC2(CN(C(=O)c3cncn3C)C2)c2cc(-c3cnc4ccccc4c3)nn21. The van der Waals surface area contributed by atoms with Gasteiger partial charge in [0.05, 0.1) is 29.8 Å². The van der Waals surface area contributed by atoms with Crippen molar-refractivity contribution in [3.05, 3.63) is 66.5 Å². The minimum atomic E-state index is -0.0107. The van der Waals surface area contributed by atoms with E-state index in [1.807, 2.05) is 36.3 Å². The Hall–Kier alpha value is -3.48. The van der Waals surface area contributed by atoms with E-state index < -0.39 is 0 Å². The normalized spacial score (nSPS) is 19.3. The van der Waals surface area contributed by atoms with E-state index in [2.05, 4.69) is 39.8 Å². The van der Waals surface area contributed by atoms with Crippen molar-refractivity contribution in [3.63, 3.8) is 0 Å². The van der Waals surface area contributed by atoms with Crippen molar-refractivity contribution in [3.8, 4) is 11.3 Å². The largest absolute Gasteiger partial charge is 0.335 e. The third kappa shape index (κ3) is 2.38. The third-order valence-corrected chi connectivity index (χ3v) is 6.58. The van der Waals surface area contributed by atoms with E-state index in [0.29, 0.717) is 11.7 Å². The fourth-order valence-electron chi connectivity index (χ4n) is 5.08. The van der Waals surface area contributed by atoms with Crippen LogP contribution >= 0.6 is 0 Å². The number of benzene rings is 1. The van der Waals surface area contributed by atoms with Gasteiger partial charge in [-0.1, -0.05) is 18.2 Å². The van der Waals surface area contributed by atoms with Crippen molar-refractivity contribution >= 4 is 16.8 Å². The van der Waals surface area contributed by atoms with Gasteiger partial charge < -0.3 is 9.47 Å². The lowest BCUT2D eigenvalue weighted by Crippen LogP contribution is -2.60. The maximum atomic E-state index is 12.8. The van der Waals surface area contributed by atoms with Crippen molar-refractivity contribution in [2.24, 2.45) is 7.05 Å². The summed E-state index contributed by atoms with van der Waals surface area (Å²) in [5.74, 6) is 0.0465. The summed E-state index contributed by atoms with van der Waals surface area (Å²) in [5, 5.41) is 6.03. The Morgan fingerprint density at radius 1 is 1.17 bits per heavy atom. The van der Waals surface area contributed by atoms with Crippen molar-refractivity contribution in [2.45, 2.75) is 24.8 Å². The number of para-hydroxylation sites is 1. The van der Waals surface area contributed by atoms with E-state index in [-0.39, 0.29) is 11.3 Å². The number of hydrogen-bond donors (Lipinski definition) is 0. The topological polar surface area (TPSA) is 68.8 Å². The Kier molecular flexibility index (Phi) is 3.48. The van der Waals surface area contributed by atoms with Gasteiger partial charge in [0.25, 0.3) is 5.91 Å². The highest BCUT2D eigenvalue weighted by Crippen LogP contribution is 2.48. The van der Waals surface area contributed by atoms with Gasteiger partial charge in [0, 0.05) is 48.4 Å². The van der Waals surface area contributed by atoms with Crippen LogP contribution < -0.4 is 0 Å². The van der Waals surface area contributed by atoms with Crippen molar-refractivity contribution in [2.75, 3.05) is 13.1 Å². The van der Waals surface area contributed by atoms with Crippen LogP contribution in [0.15, 0.2) is 55.1 Å². The molecule has 2 aliphatic rings. The molecule has 1 fully saturated rings. The van der Waals surface area contributed by atoms with Gasteiger partial charge >= 0.3 is 0 Å². The van der Waals surface area contributed by atoms with Gasteiger partial charge in [-0.3, -0.25) is 14.5 Å². The maximum absolute atomic E-state index is 12.8. The van der Waals surface area contributed by atoms with Crippen LogP contribution in [0.2, 0.25) is 0 Å². The zero-order valence-electron chi connectivity index (χ0n) is 17.0. The van der Waals surface area contributed by atoms with Crippen LogP contribution in [-0.2, 0) is 12.5 Å². The molecule has 30 heavy (non-hydrogen) atoms. The molecule has 1 amide bonds. The third-order valence-electron chi connectivity index (χ3n) is 6.58. The molecule has 5 heterocycles. The van der Waals surface area contributed by atoms with E-state index in [4.69, 9.17) is 5.10 Å². The maximum Gasteiger partial charge on any atom is 0.272 e. The number of amides is 1. The van der Waals surface area contributed by atoms with Gasteiger partial charge in [-0.25, -0.2) is 4.98 Å². The number of fused-ring (bicyclic) bond motifs is 3. The summed E-state index contributed by atoms with van der Waals surface area (Å²) in [6.07, 6.45) is 6.22. The van der Waals surface area contributed by atoms with Crippen LogP contribution in [0.5, 0.6) is 0 Å². The van der Waals surface area contributed by atoms with Crippen LogP contribution in [0.3, 0.4) is 0 Å². The Morgan fingerprint density at radius 2 is 2.00 bits per heavy atom. The molecule has 4 aromatic rings. The molecule has 150 valence electrons. The number of aryl methyl sites for hydroxylation is 1. The van der Waals surface area contributed by atoms with Crippen molar-refractivity contribution in [1.82, 2.24) is 29.2 Å². The van der Waals surface area contributed by atoms with Crippen LogP contribution in [-0.4, -0.2) is 48.2 Å². The number of pyridine rings is 1. The molecule has 0 radical (unpaired) electrons. The highest BCUT2D eigenvalue weighted by molar-refractivity contribution is 5.93. The van der Waals surface area contributed by atoms with E-state index in [1.165, 1.54) is 5.69 Å². The zero-order valence-corrected chi connectivity index (χ0v) is 17.0. The second kappa shape index (κ2) is 6.01. The monoisotopic (exact) mass is 398 g/mol. The highest BCUT2D eigenvalue weighted by Gasteiger charge is 2.53. The number of nitrogens with zero attached hydrogens (tertiary/aromatic N) is 6. The van der Waals surface area contributed by atoms with Gasteiger partial charge in [-0.2, -0.15) is 5.10 Å². The molecule has 3 aromatic heterocycles. The fraction of sp³-hybridized carbons (Fsp3) is 0.304. The van der Waals surface area contributed by atoms with Crippen molar-refractivity contribution in [1.29, 1.82) is 0 Å². The summed E-state index contributed by atoms with van der Waals surface area (Å²) in [6, 6.07) is 12.8. The lowest BCUT2D eigenvalue weighted by molar-refractivity contribution is 0.0371. The molecule has 2 aliphatic heterocycles. The van der Waals surface area contributed by atoms with Gasteiger partial charge in [0.1, 0.15) is 5.69 Å². The van der Waals surface area contributed by atoms with Crippen LogP contribution in [0, 0.1) is 0 Å². The average molecular weight is 398 g/mol. The molecule has 1 aromatic carbocycles. The van der Waals surface area contributed by atoms with Crippen LogP contribution in [0.1, 0.15) is 35.6 Å². The molecule has 1 spiro atoms. The molecule has 1 unspecified atom stereocenters. The number of likely N-dealkylation sites (tertiary alicyclic amines) is 1. The van der Waals surface area contributed by atoms with Crippen molar-refractivity contribution < 1.29 is 4.79 Å². The highest BCUT2D eigenvalue weighted by atomic mass is 16.2. The molecule has 0 bridgehead atoms. The number of carbonyl (C=O) groups is 1. The molecule has 1 saturated heterocycles. The summed E-state index contributed by atoms with van der Waals surface area (Å²) >= 11 is 0. The summed E-state index contributed by atoms with van der Waals surface area (Å²) in [6.45, 7) is 3.66. The first-order valence-corrected chi connectivity index (χ1v) is 10.2. The minimum Gasteiger partial charge on any atom is -0.335 e. The first kappa shape index (κ1) is 17.4. The Morgan fingerprint density at radius 3 is 2.80 bits per heavy atom. The zero-order chi connectivity index (χ0) is 20.5. The first-order valence-electron chi connectivity index (χ1n) is 10.2. The van der Waals surface area contributed by atoms with Crippen LogP contribution in [0.4, 0.5) is 0 Å². The average Bonchev–Trinajstić information content (AvgIpc) is 3.41. The Labute approximate surface area is 174 Å². The number of imidazole rings is 1. The Bertz CT molecular complexity index is 1300. The predicted octanol–water partition coefficient (Wildman–Crippen LogP) is 3.19. The molecule has 7 heteroatoms. The predicted molar refractivity (Wildman–Crippen MR) is 113 cm³/mol. The quantitative estimate of drug-likeness (QED) is 0.520. The van der Waals surface area contributed by atoms with E-state index in [1.54, 1.807) is 17.1 Å². The lowest BCUT2D eigenvalue weighted by atomic mass is 9.74. The van der Waals surface area contributed by atoms with E-state index in [0.717, 1.165) is 41.7 Å². The molecule has 7 nitrogen and oxygen atoms in total. The smallest absolute Gasteiger partial charge is 0.272 e. The molecule has 0 N–H and O–H groups in total. The molecular formula is C23H22N6O. The van der Waals surface area contributed by atoms with Gasteiger partial charge in [0.2, 0.25) is 0 Å².